The van der Waals surface area contributed by atoms with Crippen molar-refractivity contribution in [2.75, 3.05) is 99.6 Å². The summed E-state index contributed by atoms with van der Waals surface area (Å²) in [5.74, 6) is 0.810. The van der Waals surface area contributed by atoms with Gasteiger partial charge in [-0.3, -0.25) is 0 Å². The summed E-state index contributed by atoms with van der Waals surface area (Å²) in [6.07, 6.45) is 0. The van der Waals surface area contributed by atoms with Gasteiger partial charge in [0.15, 0.2) is 0 Å². The van der Waals surface area contributed by atoms with Crippen LogP contribution < -0.4 is 4.74 Å². The molecular formula is C21H36O8S. The molecule has 0 aromatic heterocycles. The molecule has 1 aromatic carbocycles. The van der Waals surface area contributed by atoms with Crippen molar-refractivity contribution in [1.29, 1.82) is 0 Å². The second kappa shape index (κ2) is 21.3. The Hall–Kier alpha value is -0.910. The van der Waals surface area contributed by atoms with E-state index in [0.29, 0.717) is 92.5 Å². The predicted molar refractivity (Wildman–Crippen MR) is 116 cm³/mol. The normalized spacial score (nSPS) is 11.1. The Morgan fingerprint density at radius 2 is 0.833 bits per heavy atom. The van der Waals surface area contributed by atoms with Crippen LogP contribution in [0.3, 0.4) is 0 Å². The van der Waals surface area contributed by atoms with Gasteiger partial charge in [0, 0.05) is 12.0 Å². The first-order valence-electron chi connectivity index (χ1n) is 10.2. The van der Waals surface area contributed by atoms with Crippen molar-refractivity contribution >= 4 is 12.6 Å². The van der Waals surface area contributed by atoms with E-state index in [1.165, 1.54) is 0 Å². The molecule has 30 heavy (non-hydrogen) atoms. The molecule has 0 amide bonds. The molecule has 0 saturated heterocycles. The van der Waals surface area contributed by atoms with Gasteiger partial charge in [0.05, 0.1) is 85.9 Å². The zero-order valence-corrected chi connectivity index (χ0v) is 18.8. The van der Waals surface area contributed by atoms with E-state index in [1.54, 1.807) is 7.11 Å². The number of benzene rings is 1. The highest BCUT2D eigenvalue weighted by Crippen LogP contribution is 2.13. The Morgan fingerprint density at radius 1 is 0.500 bits per heavy atom. The van der Waals surface area contributed by atoms with Gasteiger partial charge < -0.3 is 37.9 Å². The molecule has 0 saturated carbocycles. The highest BCUT2D eigenvalue weighted by Gasteiger charge is 1.96. The molecule has 1 aromatic rings. The van der Waals surface area contributed by atoms with Gasteiger partial charge >= 0.3 is 0 Å². The molecule has 0 heterocycles. The summed E-state index contributed by atoms with van der Waals surface area (Å²) < 4.78 is 42.8. The third-order valence-electron chi connectivity index (χ3n) is 3.62. The van der Waals surface area contributed by atoms with Crippen LogP contribution in [0.5, 0.6) is 5.75 Å². The quantitative estimate of drug-likeness (QED) is 0.214. The van der Waals surface area contributed by atoms with Crippen LogP contribution in [0.4, 0.5) is 0 Å². The fourth-order valence-electron chi connectivity index (χ4n) is 2.10. The lowest BCUT2D eigenvalue weighted by Crippen LogP contribution is -2.15. The van der Waals surface area contributed by atoms with Gasteiger partial charge in [-0.25, -0.2) is 0 Å². The zero-order valence-electron chi connectivity index (χ0n) is 17.9. The number of rotatable bonds is 22. The first-order valence-corrected chi connectivity index (χ1v) is 10.6. The Labute approximate surface area is 185 Å². The molecule has 174 valence electrons. The smallest absolute Gasteiger partial charge is 0.119 e. The van der Waals surface area contributed by atoms with Crippen molar-refractivity contribution in [3.63, 3.8) is 0 Å². The van der Waals surface area contributed by atoms with Crippen LogP contribution in [0.2, 0.25) is 0 Å². The largest absolute Gasteiger partial charge is 0.491 e. The summed E-state index contributed by atoms with van der Waals surface area (Å²) in [5, 5.41) is 0. The van der Waals surface area contributed by atoms with Gasteiger partial charge in [0.25, 0.3) is 0 Å². The molecule has 0 spiro atoms. The molecule has 0 radical (unpaired) electrons. The number of hydrogen-bond donors (Lipinski definition) is 1. The Balaban J connectivity index is 1.68. The Bertz CT molecular complexity index is 475. The molecule has 0 fully saturated rings. The van der Waals surface area contributed by atoms with E-state index < -0.39 is 0 Å². The summed E-state index contributed by atoms with van der Waals surface area (Å²) in [6, 6.07) is 7.54. The summed E-state index contributed by atoms with van der Waals surface area (Å²) in [5.41, 5.74) is 0. The fourth-order valence-corrected chi connectivity index (χ4v) is 2.25. The Morgan fingerprint density at radius 3 is 1.20 bits per heavy atom. The van der Waals surface area contributed by atoms with E-state index >= 15 is 0 Å². The SMILES string of the molecule is COCCOCCOCCOCCOCCOCCOCCOc1ccc(S)cc1. The van der Waals surface area contributed by atoms with E-state index in [4.69, 9.17) is 37.9 Å². The van der Waals surface area contributed by atoms with E-state index in [9.17, 15) is 0 Å². The lowest BCUT2D eigenvalue weighted by atomic mass is 10.3. The molecule has 0 atom stereocenters. The fraction of sp³-hybridized carbons (Fsp3) is 0.714. The molecule has 0 bridgehead atoms. The van der Waals surface area contributed by atoms with Gasteiger partial charge in [-0.15, -0.1) is 12.6 Å². The van der Waals surface area contributed by atoms with Crippen molar-refractivity contribution < 1.29 is 37.9 Å². The van der Waals surface area contributed by atoms with E-state index in [1.807, 2.05) is 24.3 Å². The second-order valence-electron chi connectivity index (χ2n) is 6.01. The summed E-state index contributed by atoms with van der Waals surface area (Å²) >= 11 is 4.23. The zero-order chi connectivity index (χ0) is 21.5. The highest BCUT2D eigenvalue weighted by molar-refractivity contribution is 7.80. The maximum absolute atomic E-state index is 5.55. The molecule has 0 unspecified atom stereocenters. The van der Waals surface area contributed by atoms with Gasteiger partial charge in [-0.05, 0) is 24.3 Å². The summed E-state index contributed by atoms with van der Waals surface area (Å²) in [4.78, 5) is 0.911. The third kappa shape index (κ3) is 17.9. The third-order valence-corrected chi connectivity index (χ3v) is 3.92. The maximum atomic E-state index is 5.55. The molecule has 0 aliphatic carbocycles. The molecule has 0 N–H and O–H groups in total. The van der Waals surface area contributed by atoms with Crippen molar-refractivity contribution in [1.82, 2.24) is 0 Å². The van der Waals surface area contributed by atoms with Gasteiger partial charge in [0.1, 0.15) is 12.4 Å². The van der Waals surface area contributed by atoms with Crippen LogP contribution in [-0.4, -0.2) is 99.6 Å². The number of hydrogen-bond acceptors (Lipinski definition) is 9. The van der Waals surface area contributed by atoms with Crippen LogP contribution in [0.15, 0.2) is 29.2 Å². The van der Waals surface area contributed by atoms with Crippen molar-refractivity contribution in [3.8, 4) is 5.75 Å². The molecule has 9 heteroatoms. The van der Waals surface area contributed by atoms with Gasteiger partial charge in [0.2, 0.25) is 0 Å². The van der Waals surface area contributed by atoms with Crippen molar-refractivity contribution in [2.45, 2.75) is 4.90 Å². The van der Waals surface area contributed by atoms with Crippen LogP contribution in [-0.2, 0) is 33.2 Å². The van der Waals surface area contributed by atoms with Crippen molar-refractivity contribution in [2.24, 2.45) is 0 Å². The van der Waals surface area contributed by atoms with Crippen LogP contribution >= 0.6 is 12.6 Å². The first-order chi connectivity index (χ1) is 14.8. The van der Waals surface area contributed by atoms with E-state index in [-0.39, 0.29) is 0 Å². The van der Waals surface area contributed by atoms with Gasteiger partial charge in [-0.2, -0.15) is 0 Å². The second-order valence-corrected chi connectivity index (χ2v) is 6.53. The lowest BCUT2D eigenvalue weighted by Gasteiger charge is -2.09. The standard InChI is InChI=1S/C21H36O8S/c1-22-6-7-23-8-9-24-10-11-25-12-13-26-14-15-27-16-17-28-18-19-29-20-2-4-21(30)5-3-20/h2-5,30H,6-19H2,1H3. The molecule has 0 aliphatic heterocycles. The van der Waals surface area contributed by atoms with E-state index in [0.717, 1.165) is 10.6 Å². The van der Waals surface area contributed by atoms with Crippen LogP contribution in [0.25, 0.3) is 0 Å². The first kappa shape index (κ1) is 27.1. The topological polar surface area (TPSA) is 73.8 Å². The number of methoxy groups -OCH3 is 1. The summed E-state index contributed by atoms with van der Waals surface area (Å²) in [7, 11) is 1.65. The molecule has 0 aliphatic rings. The predicted octanol–water partition coefficient (Wildman–Crippen LogP) is 2.10. The summed E-state index contributed by atoms with van der Waals surface area (Å²) in [6.45, 7) is 7.61. The van der Waals surface area contributed by atoms with Gasteiger partial charge in [-0.1, -0.05) is 0 Å². The minimum absolute atomic E-state index is 0.502. The highest BCUT2D eigenvalue weighted by atomic mass is 32.1. The average molecular weight is 449 g/mol. The average Bonchev–Trinajstić information content (AvgIpc) is 2.76. The molecule has 8 nitrogen and oxygen atoms in total. The number of thiol groups is 1. The minimum atomic E-state index is 0.502. The lowest BCUT2D eigenvalue weighted by molar-refractivity contribution is -0.0199. The monoisotopic (exact) mass is 448 g/mol. The number of ether oxygens (including phenoxy) is 8. The minimum Gasteiger partial charge on any atom is -0.491 e. The maximum Gasteiger partial charge on any atom is 0.119 e. The van der Waals surface area contributed by atoms with Crippen molar-refractivity contribution in [3.05, 3.63) is 24.3 Å². The van der Waals surface area contributed by atoms with Crippen LogP contribution in [0, 0.1) is 0 Å². The molecule has 1 rings (SSSR count). The molecular weight excluding hydrogens is 412 g/mol. The van der Waals surface area contributed by atoms with Crippen LogP contribution in [0.1, 0.15) is 0 Å². The van der Waals surface area contributed by atoms with E-state index in [2.05, 4.69) is 12.6 Å². The Kier molecular flexibility index (Phi) is 19.3.